The minimum Gasteiger partial charge on any atom is -0.408 e. The van der Waals surface area contributed by atoms with E-state index in [-0.39, 0.29) is 29.5 Å². The molecule has 1 aliphatic rings. The molecule has 0 atom stereocenters. The Bertz CT molecular complexity index is 1300. The third kappa shape index (κ3) is 4.79. The summed E-state index contributed by atoms with van der Waals surface area (Å²) in [6, 6.07) is 13.5. The summed E-state index contributed by atoms with van der Waals surface area (Å²) >= 11 is 0. The van der Waals surface area contributed by atoms with Crippen LogP contribution in [-0.2, 0) is 21.4 Å². The van der Waals surface area contributed by atoms with Crippen molar-refractivity contribution in [1.29, 1.82) is 0 Å². The standard InChI is InChI=1S/C24H27N3O5S/c1-2-14-26(19-10-6-5-7-11-19)23(28)18-27-21-13-12-20(17-22(21)32-24(27)29)33(30,31)25-15-8-3-4-9-16-25/h2,5-7,10-13,17H,1,3-4,8-9,14-16,18H2. The van der Waals surface area contributed by atoms with Crippen LogP contribution in [0.5, 0.6) is 0 Å². The summed E-state index contributed by atoms with van der Waals surface area (Å²) in [4.78, 5) is 27.2. The van der Waals surface area contributed by atoms with Gasteiger partial charge in [-0.2, -0.15) is 4.31 Å². The average Bonchev–Trinajstić information content (AvgIpc) is 2.99. The molecular formula is C24H27N3O5S. The molecule has 4 rings (SSSR count). The predicted molar refractivity (Wildman–Crippen MR) is 127 cm³/mol. The van der Waals surface area contributed by atoms with Crippen LogP contribution in [0, 0.1) is 0 Å². The van der Waals surface area contributed by atoms with Gasteiger partial charge >= 0.3 is 5.76 Å². The first kappa shape index (κ1) is 23.0. The van der Waals surface area contributed by atoms with Crippen LogP contribution in [0.25, 0.3) is 11.1 Å². The Morgan fingerprint density at radius 1 is 1.06 bits per heavy atom. The number of rotatable bonds is 7. The summed E-state index contributed by atoms with van der Waals surface area (Å²) in [5.74, 6) is -1.03. The van der Waals surface area contributed by atoms with Gasteiger partial charge in [-0.25, -0.2) is 13.2 Å². The number of anilines is 1. The van der Waals surface area contributed by atoms with Crippen molar-refractivity contribution in [3.05, 3.63) is 71.7 Å². The lowest BCUT2D eigenvalue weighted by atomic mass is 10.2. The molecular weight excluding hydrogens is 442 g/mol. The second kappa shape index (κ2) is 9.76. The molecule has 0 unspecified atom stereocenters. The Morgan fingerprint density at radius 2 is 1.76 bits per heavy atom. The van der Waals surface area contributed by atoms with Crippen molar-refractivity contribution in [2.24, 2.45) is 0 Å². The van der Waals surface area contributed by atoms with E-state index in [1.165, 1.54) is 32.0 Å². The number of sulfonamides is 1. The highest BCUT2D eigenvalue weighted by atomic mass is 32.2. The molecule has 1 aromatic heterocycles. The van der Waals surface area contributed by atoms with E-state index in [1.54, 1.807) is 18.2 Å². The number of benzene rings is 2. The average molecular weight is 470 g/mol. The van der Waals surface area contributed by atoms with E-state index in [0.717, 1.165) is 25.7 Å². The first-order chi connectivity index (χ1) is 15.9. The summed E-state index contributed by atoms with van der Waals surface area (Å²) in [5.41, 5.74) is 1.20. The van der Waals surface area contributed by atoms with E-state index in [2.05, 4.69) is 6.58 Å². The molecule has 1 amide bonds. The number of amides is 1. The highest BCUT2D eigenvalue weighted by molar-refractivity contribution is 7.89. The van der Waals surface area contributed by atoms with Gasteiger partial charge in [0.15, 0.2) is 5.58 Å². The lowest BCUT2D eigenvalue weighted by Crippen LogP contribution is -2.35. The number of aromatic nitrogens is 1. The Kier molecular flexibility index (Phi) is 6.80. The van der Waals surface area contributed by atoms with Gasteiger partial charge in [0.1, 0.15) is 6.54 Å². The lowest BCUT2D eigenvalue weighted by Gasteiger charge is -2.21. The number of hydrogen-bond donors (Lipinski definition) is 0. The van der Waals surface area contributed by atoms with E-state index in [0.29, 0.717) is 24.3 Å². The van der Waals surface area contributed by atoms with Crippen molar-refractivity contribution >= 4 is 32.7 Å². The van der Waals surface area contributed by atoms with Crippen LogP contribution in [0.15, 0.2) is 75.3 Å². The zero-order valence-electron chi connectivity index (χ0n) is 18.4. The molecule has 9 heteroatoms. The number of nitrogens with zero attached hydrogens (tertiary/aromatic N) is 3. The van der Waals surface area contributed by atoms with Crippen molar-refractivity contribution in [1.82, 2.24) is 8.87 Å². The third-order valence-electron chi connectivity index (χ3n) is 5.82. The molecule has 3 aromatic rings. The number of para-hydroxylation sites is 1. The van der Waals surface area contributed by atoms with Gasteiger partial charge in [0, 0.05) is 31.4 Å². The Balaban J connectivity index is 1.63. The predicted octanol–water partition coefficient (Wildman–Crippen LogP) is 3.38. The maximum absolute atomic E-state index is 13.1. The minimum absolute atomic E-state index is 0.0849. The van der Waals surface area contributed by atoms with Gasteiger partial charge < -0.3 is 9.32 Å². The lowest BCUT2D eigenvalue weighted by molar-refractivity contribution is -0.119. The fraction of sp³-hybridized carbons (Fsp3) is 0.333. The van der Waals surface area contributed by atoms with Crippen LogP contribution in [0.4, 0.5) is 5.69 Å². The van der Waals surface area contributed by atoms with Crippen molar-refractivity contribution in [2.75, 3.05) is 24.5 Å². The molecule has 0 aliphatic carbocycles. The smallest absolute Gasteiger partial charge is 0.408 e. The number of carbonyl (C=O) groups excluding carboxylic acids is 1. The number of carbonyl (C=O) groups is 1. The van der Waals surface area contributed by atoms with Crippen LogP contribution < -0.4 is 10.7 Å². The van der Waals surface area contributed by atoms with Gasteiger partial charge in [-0.1, -0.05) is 37.1 Å². The summed E-state index contributed by atoms with van der Waals surface area (Å²) in [7, 11) is -3.68. The molecule has 0 N–H and O–H groups in total. The van der Waals surface area contributed by atoms with E-state index in [9.17, 15) is 18.0 Å². The van der Waals surface area contributed by atoms with Crippen LogP contribution in [0.3, 0.4) is 0 Å². The molecule has 33 heavy (non-hydrogen) atoms. The van der Waals surface area contributed by atoms with Gasteiger partial charge in [-0.15, -0.1) is 6.58 Å². The maximum atomic E-state index is 13.1. The molecule has 1 fully saturated rings. The highest BCUT2D eigenvalue weighted by Crippen LogP contribution is 2.24. The summed E-state index contributed by atoms with van der Waals surface area (Å²) in [6.07, 6.45) is 5.31. The van der Waals surface area contributed by atoms with Crippen LogP contribution in [0.2, 0.25) is 0 Å². The number of oxazole rings is 1. The Labute approximate surface area is 192 Å². The first-order valence-electron chi connectivity index (χ1n) is 11.0. The fourth-order valence-corrected chi connectivity index (χ4v) is 5.63. The molecule has 1 saturated heterocycles. The number of hydrogen-bond acceptors (Lipinski definition) is 5. The van der Waals surface area contributed by atoms with Crippen molar-refractivity contribution in [3.63, 3.8) is 0 Å². The normalized spacial score (nSPS) is 15.3. The van der Waals surface area contributed by atoms with Crippen LogP contribution >= 0.6 is 0 Å². The molecule has 1 aliphatic heterocycles. The third-order valence-corrected chi connectivity index (χ3v) is 7.71. The van der Waals surface area contributed by atoms with Gasteiger partial charge in [0.2, 0.25) is 15.9 Å². The molecule has 0 spiro atoms. The van der Waals surface area contributed by atoms with Gasteiger partial charge in [-0.3, -0.25) is 9.36 Å². The molecule has 8 nitrogen and oxygen atoms in total. The molecule has 174 valence electrons. The summed E-state index contributed by atoms with van der Waals surface area (Å²) < 4.78 is 34.2. The van der Waals surface area contributed by atoms with Crippen LogP contribution in [0.1, 0.15) is 25.7 Å². The van der Waals surface area contributed by atoms with Gasteiger partial charge in [0.25, 0.3) is 0 Å². The minimum atomic E-state index is -3.68. The van der Waals surface area contributed by atoms with Crippen molar-refractivity contribution < 1.29 is 17.6 Å². The summed E-state index contributed by atoms with van der Waals surface area (Å²) in [5, 5.41) is 0. The van der Waals surface area contributed by atoms with Crippen LogP contribution in [-0.4, -0.2) is 42.8 Å². The first-order valence-corrected chi connectivity index (χ1v) is 12.5. The topological polar surface area (TPSA) is 92.8 Å². The molecule has 0 saturated carbocycles. The highest BCUT2D eigenvalue weighted by Gasteiger charge is 2.26. The molecule has 2 aromatic carbocycles. The Morgan fingerprint density at radius 3 is 2.42 bits per heavy atom. The van der Waals surface area contributed by atoms with Crippen molar-refractivity contribution in [2.45, 2.75) is 37.1 Å². The SMILES string of the molecule is C=CCN(C(=O)Cn1c(=O)oc2cc(S(=O)(=O)N3CCCCCC3)ccc21)c1ccccc1. The van der Waals surface area contributed by atoms with E-state index >= 15 is 0 Å². The molecule has 0 bridgehead atoms. The monoisotopic (exact) mass is 469 g/mol. The fourth-order valence-electron chi connectivity index (χ4n) is 4.10. The second-order valence-electron chi connectivity index (χ2n) is 8.03. The quantitative estimate of drug-likeness (QED) is 0.495. The van der Waals surface area contributed by atoms with Gasteiger partial charge in [-0.05, 0) is 37.1 Å². The zero-order valence-corrected chi connectivity index (χ0v) is 19.2. The molecule has 2 heterocycles. The Hall–Kier alpha value is -3.17. The second-order valence-corrected chi connectivity index (χ2v) is 9.97. The number of fused-ring (bicyclic) bond motifs is 1. The summed E-state index contributed by atoms with van der Waals surface area (Å²) in [6.45, 7) is 4.72. The van der Waals surface area contributed by atoms with E-state index < -0.39 is 15.8 Å². The molecule has 0 radical (unpaired) electrons. The van der Waals surface area contributed by atoms with Crippen molar-refractivity contribution in [3.8, 4) is 0 Å². The zero-order chi connectivity index (χ0) is 23.4. The van der Waals surface area contributed by atoms with E-state index in [4.69, 9.17) is 4.42 Å². The maximum Gasteiger partial charge on any atom is 0.420 e. The largest absolute Gasteiger partial charge is 0.420 e. The van der Waals surface area contributed by atoms with E-state index in [1.807, 2.05) is 18.2 Å². The van der Waals surface area contributed by atoms with Gasteiger partial charge in [0.05, 0.1) is 10.4 Å².